The number of rotatable bonds is 4. The van der Waals surface area contributed by atoms with Gasteiger partial charge >= 0.3 is 0 Å². The van der Waals surface area contributed by atoms with Gasteiger partial charge in [-0.05, 0) is 43.9 Å². The van der Waals surface area contributed by atoms with E-state index in [1.165, 1.54) is 22.9 Å². The van der Waals surface area contributed by atoms with Gasteiger partial charge in [-0.15, -0.1) is 0 Å². The maximum atomic E-state index is 12.4. The number of carbonyl (C=O) groups is 1. The first-order chi connectivity index (χ1) is 11.6. The lowest BCUT2D eigenvalue weighted by Crippen LogP contribution is -2.40. The lowest BCUT2D eigenvalue weighted by molar-refractivity contribution is -0.130. The van der Waals surface area contributed by atoms with E-state index in [-0.39, 0.29) is 12.0 Å². The Balaban J connectivity index is 1.68. The summed E-state index contributed by atoms with van der Waals surface area (Å²) in [5.74, 6) is 0.486. The lowest BCUT2D eigenvalue weighted by atomic mass is 10.1. The molecule has 0 radical (unpaired) electrons. The summed E-state index contributed by atoms with van der Waals surface area (Å²) in [4.78, 5) is 18.6. The quantitative estimate of drug-likeness (QED) is 0.865. The number of likely N-dealkylation sites (tertiary alicyclic amines) is 1. The summed E-state index contributed by atoms with van der Waals surface area (Å²) in [5, 5.41) is 10.4. The van der Waals surface area contributed by atoms with E-state index in [0.29, 0.717) is 31.7 Å². The average molecular weight is 345 g/mol. The molecule has 1 N–H and O–H groups in total. The van der Waals surface area contributed by atoms with E-state index in [4.69, 9.17) is 0 Å². The molecule has 1 aromatic carbocycles. The highest BCUT2D eigenvalue weighted by Crippen LogP contribution is 2.24. The van der Waals surface area contributed by atoms with Gasteiger partial charge in [0.2, 0.25) is 5.91 Å². The number of aryl methyl sites for hydroxylation is 1. The maximum Gasteiger partial charge on any atom is 0.233 e. The van der Waals surface area contributed by atoms with Crippen molar-refractivity contribution >= 4 is 17.7 Å². The van der Waals surface area contributed by atoms with Crippen molar-refractivity contribution < 1.29 is 9.90 Å². The summed E-state index contributed by atoms with van der Waals surface area (Å²) in [7, 11) is 0. The topological polar surface area (TPSA) is 58.4 Å². The summed E-state index contributed by atoms with van der Waals surface area (Å²) in [5.41, 5.74) is 3.55. The molecule has 3 rings (SSSR count). The van der Waals surface area contributed by atoms with Gasteiger partial charge in [-0.2, -0.15) is 0 Å². The Hall–Kier alpha value is -1.79. The largest absolute Gasteiger partial charge is 0.393 e. The first kappa shape index (κ1) is 17.0. The van der Waals surface area contributed by atoms with E-state index >= 15 is 0 Å². The van der Waals surface area contributed by atoms with Crippen molar-refractivity contribution in [1.29, 1.82) is 0 Å². The molecular formula is C18H23N3O2S. The summed E-state index contributed by atoms with van der Waals surface area (Å²) in [6.45, 7) is 5.48. The standard InChI is InChI=1S/C18H23N3O2S/c1-13-4-3-5-16(14(13)2)21-11-8-19-18(21)24-12-17(23)20-9-6-15(22)7-10-20/h3-5,8,11,15,22H,6-7,9-10,12H2,1-2H3. The highest BCUT2D eigenvalue weighted by molar-refractivity contribution is 7.99. The molecule has 2 aromatic rings. The van der Waals surface area contributed by atoms with Crippen molar-refractivity contribution in [3.63, 3.8) is 0 Å². The Morgan fingerprint density at radius 1 is 1.33 bits per heavy atom. The fraction of sp³-hybridized carbons (Fsp3) is 0.444. The van der Waals surface area contributed by atoms with Gasteiger partial charge in [0.1, 0.15) is 0 Å². The van der Waals surface area contributed by atoms with Crippen LogP contribution in [0, 0.1) is 13.8 Å². The zero-order chi connectivity index (χ0) is 17.1. The molecule has 0 atom stereocenters. The van der Waals surface area contributed by atoms with Crippen LogP contribution in [0.5, 0.6) is 0 Å². The van der Waals surface area contributed by atoms with Crippen molar-refractivity contribution in [1.82, 2.24) is 14.5 Å². The van der Waals surface area contributed by atoms with E-state index in [1.54, 1.807) is 6.20 Å². The Labute approximate surface area is 146 Å². The second kappa shape index (κ2) is 7.40. The van der Waals surface area contributed by atoms with Crippen LogP contribution in [0.25, 0.3) is 5.69 Å². The van der Waals surface area contributed by atoms with Gasteiger partial charge in [0.05, 0.1) is 17.5 Å². The fourth-order valence-electron chi connectivity index (χ4n) is 2.91. The third kappa shape index (κ3) is 3.65. The fourth-order valence-corrected chi connectivity index (χ4v) is 3.78. The monoisotopic (exact) mass is 345 g/mol. The van der Waals surface area contributed by atoms with E-state index in [2.05, 4.69) is 31.0 Å². The molecule has 5 nitrogen and oxygen atoms in total. The third-order valence-corrected chi connectivity index (χ3v) is 5.54. The third-order valence-electron chi connectivity index (χ3n) is 4.58. The number of aromatic nitrogens is 2. The first-order valence-corrected chi connectivity index (χ1v) is 9.23. The Kier molecular flexibility index (Phi) is 5.26. The van der Waals surface area contributed by atoms with Gasteiger partial charge < -0.3 is 10.0 Å². The molecule has 0 saturated carbocycles. The maximum absolute atomic E-state index is 12.4. The van der Waals surface area contributed by atoms with E-state index in [9.17, 15) is 9.90 Å². The molecule has 0 spiro atoms. The molecule has 1 aliphatic rings. The van der Waals surface area contributed by atoms with Crippen LogP contribution in [-0.4, -0.2) is 50.4 Å². The highest BCUT2D eigenvalue weighted by atomic mass is 32.2. The van der Waals surface area contributed by atoms with Gasteiger partial charge in [-0.3, -0.25) is 9.36 Å². The number of aliphatic hydroxyl groups is 1. The van der Waals surface area contributed by atoms with Crippen LogP contribution < -0.4 is 0 Å². The van der Waals surface area contributed by atoms with Crippen LogP contribution in [0.2, 0.25) is 0 Å². The smallest absolute Gasteiger partial charge is 0.233 e. The summed E-state index contributed by atoms with van der Waals surface area (Å²) < 4.78 is 2.04. The van der Waals surface area contributed by atoms with Crippen LogP contribution >= 0.6 is 11.8 Å². The van der Waals surface area contributed by atoms with Gasteiger partial charge in [-0.25, -0.2) is 4.98 Å². The van der Waals surface area contributed by atoms with Gasteiger partial charge in [-0.1, -0.05) is 23.9 Å². The second-order valence-corrected chi connectivity index (χ2v) is 7.14. The summed E-state index contributed by atoms with van der Waals surface area (Å²) >= 11 is 1.46. The van der Waals surface area contributed by atoms with Crippen molar-refractivity contribution in [2.45, 2.75) is 37.9 Å². The zero-order valence-electron chi connectivity index (χ0n) is 14.1. The summed E-state index contributed by atoms with van der Waals surface area (Å²) in [6, 6.07) is 6.20. The minimum atomic E-state index is -0.259. The van der Waals surface area contributed by atoms with Crippen molar-refractivity contribution in [2.24, 2.45) is 0 Å². The SMILES string of the molecule is Cc1cccc(-n2ccnc2SCC(=O)N2CCC(O)CC2)c1C. The minimum absolute atomic E-state index is 0.113. The molecule has 128 valence electrons. The van der Waals surface area contributed by atoms with E-state index in [1.807, 2.05) is 21.7 Å². The molecule has 1 saturated heterocycles. The number of nitrogens with zero attached hydrogens (tertiary/aromatic N) is 3. The number of piperidine rings is 1. The van der Waals surface area contributed by atoms with Crippen molar-refractivity contribution in [3.05, 3.63) is 41.7 Å². The van der Waals surface area contributed by atoms with Gasteiger partial charge in [0, 0.05) is 25.5 Å². The van der Waals surface area contributed by atoms with Crippen LogP contribution in [-0.2, 0) is 4.79 Å². The molecule has 0 aliphatic carbocycles. The molecule has 0 bridgehead atoms. The molecular weight excluding hydrogens is 322 g/mol. The number of carbonyl (C=O) groups excluding carboxylic acids is 1. The Morgan fingerprint density at radius 3 is 2.83 bits per heavy atom. The number of thioether (sulfide) groups is 1. The number of amides is 1. The molecule has 1 fully saturated rings. The second-order valence-electron chi connectivity index (χ2n) is 6.20. The minimum Gasteiger partial charge on any atom is -0.393 e. The normalized spacial score (nSPS) is 15.7. The molecule has 1 aromatic heterocycles. The molecule has 24 heavy (non-hydrogen) atoms. The number of hydrogen-bond donors (Lipinski definition) is 1. The highest BCUT2D eigenvalue weighted by Gasteiger charge is 2.21. The Morgan fingerprint density at radius 2 is 2.08 bits per heavy atom. The van der Waals surface area contributed by atoms with Crippen LogP contribution in [0.1, 0.15) is 24.0 Å². The van der Waals surface area contributed by atoms with E-state index < -0.39 is 0 Å². The molecule has 0 unspecified atom stereocenters. The first-order valence-electron chi connectivity index (χ1n) is 8.25. The molecule has 1 amide bonds. The lowest BCUT2D eigenvalue weighted by Gasteiger charge is -2.29. The van der Waals surface area contributed by atoms with Crippen molar-refractivity contribution in [2.75, 3.05) is 18.8 Å². The van der Waals surface area contributed by atoms with Crippen LogP contribution in [0.15, 0.2) is 35.7 Å². The Bertz CT molecular complexity index is 721. The number of imidazole rings is 1. The molecule has 2 heterocycles. The number of hydrogen-bond acceptors (Lipinski definition) is 4. The number of benzene rings is 1. The summed E-state index contributed by atoms with van der Waals surface area (Å²) in [6.07, 6.45) is 4.79. The number of aliphatic hydroxyl groups excluding tert-OH is 1. The van der Waals surface area contributed by atoms with Crippen molar-refractivity contribution in [3.8, 4) is 5.69 Å². The predicted molar refractivity (Wildman–Crippen MR) is 95.6 cm³/mol. The van der Waals surface area contributed by atoms with Gasteiger partial charge in [0.25, 0.3) is 0 Å². The molecule has 1 aliphatic heterocycles. The van der Waals surface area contributed by atoms with E-state index in [0.717, 1.165) is 10.8 Å². The predicted octanol–water partition coefficient (Wildman–Crippen LogP) is 2.56. The van der Waals surface area contributed by atoms with Crippen LogP contribution in [0.4, 0.5) is 0 Å². The zero-order valence-corrected chi connectivity index (χ0v) is 14.9. The molecule has 6 heteroatoms. The van der Waals surface area contributed by atoms with Crippen LogP contribution in [0.3, 0.4) is 0 Å². The van der Waals surface area contributed by atoms with Gasteiger partial charge in [0.15, 0.2) is 5.16 Å². The average Bonchev–Trinajstić information content (AvgIpc) is 3.04.